The van der Waals surface area contributed by atoms with Crippen molar-refractivity contribution >= 4 is 49.9 Å². The molecule has 3 aromatic heterocycles. The first-order valence-corrected chi connectivity index (χ1v) is 12.9. The van der Waals surface area contributed by atoms with E-state index in [0.29, 0.717) is 33.5 Å². The van der Waals surface area contributed by atoms with Gasteiger partial charge in [0.15, 0.2) is 5.13 Å². The first kappa shape index (κ1) is 24.5. The number of ether oxygens (including phenoxy) is 1. The van der Waals surface area contributed by atoms with Crippen LogP contribution in [0, 0.1) is 6.92 Å². The Hall–Kier alpha value is -2.63. The second kappa shape index (κ2) is 9.93. The molecule has 182 valence electrons. The molecule has 1 amide bonds. The normalized spacial score (nSPS) is 13.5. The molecule has 0 bridgehead atoms. The number of amides is 1. The Bertz CT molecular complexity index is 1300. The number of esters is 1. The zero-order valence-corrected chi connectivity index (χ0v) is 21.7. The summed E-state index contributed by atoms with van der Waals surface area (Å²) in [5, 5.41) is 3.68. The molecule has 9 nitrogen and oxygen atoms in total. The third-order valence-electron chi connectivity index (χ3n) is 5.48. The Morgan fingerprint density at radius 2 is 1.91 bits per heavy atom. The number of thiophene rings is 1. The maximum absolute atomic E-state index is 13.6. The molecule has 0 spiro atoms. The molecule has 0 fully saturated rings. The Morgan fingerprint density at radius 3 is 2.62 bits per heavy atom. The van der Waals surface area contributed by atoms with E-state index < -0.39 is 11.9 Å². The van der Waals surface area contributed by atoms with Crippen LogP contribution in [0.25, 0.3) is 10.2 Å². The lowest BCUT2D eigenvalue weighted by Gasteiger charge is -2.16. The van der Waals surface area contributed by atoms with E-state index in [-0.39, 0.29) is 18.2 Å². The summed E-state index contributed by atoms with van der Waals surface area (Å²) in [4.78, 5) is 52.1. The van der Waals surface area contributed by atoms with Crippen molar-refractivity contribution < 1.29 is 14.3 Å². The largest absolute Gasteiger partial charge is 0.459 e. The van der Waals surface area contributed by atoms with Crippen LogP contribution in [-0.4, -0.2) is 51.5 Å². The van der Waals surface area contributed by atoms with Gasteiger partial charge in [-0.2, -0.15) is 0 Å². The molecule has 0 saturated carbocycles. The van der Waals surface area contributed by atoms with Gasteiger partial charge in [0.1, 0.15) is 22.1 Å². The van der Waals surface area contributed by atoms with Gasteiger partial charge in [0.2, 0.25) is 5.91 Å². The molecule has 1 aliphatic carbocycles. The van der Waals surface area contributed by atoms with E-state index in [1.807, 2.05) is 19.0 Å². The molecule has 0 saturated heterocycles. The van der Waals surface area contributed by atoms with E-state index in [1.54, 1.807) is 32.1 Å². The lowest BCUT2D eigenvalue weighted by atomic mass is 9.97. The average molecular weight is 504 g/mol. The molecule has 4 rings (SSSR count). The number of anilines is 1. The number of carbonyl (C=O) groups excluding carboxylic acids is 2. The van der Waals surface area contributed by atoms with Gasteiger partial charge in [0.05, 0.1) is 23.7 Å². The number of fused-ring (bicyclic) bond motifs is 3. The number of thiazole rings is 1. The van der Waals surface area contributed by atoms with Gasteiger partial charge in [-0.15, -0.1) is 11.3 Å². The molecule has 1 N–H and O–H groups in total. The van der Waals surface area contributed by atoms with Crippen molar-refractivity contribution in [3.8, 4) is 0 Å². The van der Waals surface area contributed by atoms with Crippen LogP contribution in [0.15, 0.2) is 4.79 Å². The third-order valence-corrected chi connectivity index (χ3v) is 7.72. The SMILES string of the molecule is Cc1nc(NC(=O)Cn2c(CN(C)C)nc3sc4c(c3c2=O)CCCC4)sc1C(=O)OC(C)C. The van der Waals surface area contributed by atoms with Crippen molar-refractivity contribution in [3.05, 3.63) is 37.2 Å². The second-order valence-electron chi connectivity index (χ2n) is 8.98. The Labute approximate surface area is 205 Å². The fraction of sp³-hybridized carbons (Fsp3) is 0.522. The molecule has 0 atom stereocenters. The molecule has 0 radical (unpaired) electrons. The van der Waals surface area contributed by atoms with Crippen molar-refractivity contribution in [1.29, 1.82) is 0 Å². The first-order chi connectivity index (χ1) is 16.1. The molecular weight excluding hydrogens is 474 g/mol. The van der Waals surface area contributed by atoms with Crippen LogP contribution in [0.3, 0.4) is 0 Å². The molecule has 11 heteroatoms. The Kier molecular flexibility index (Phi) is 7.15. The van der Waals surface area contributed by atoms with Crippen LogP contribution in [0.4, 0.5) is 5.13 Å². The molecule has 0 aliphatic heterocycles. The summed E-state index contributed by atoms with van der Waals surface area (Å²) < 4.78 is 6.71. The minimum atomic E-state index is -0.466. The number of nitrogens with one attached hydrogen (secondary N) is 1. The zero-order chi connectivity index (χ0) is 24.6. The first-order valence-electron chi connectivity index (χ1n) is 11.3. The molecule has 1 aliphatic rings. The quantitative estimate of drug-likeness (QED) is 0.493. The number of carbonyl (C=O) groups is 2. The summed E-state index contributed by atoms with van der Waals surface area (Å²) in [5.41, 5.74) is 1.41. The van der Waals surface area contributed by atoms with Crippen molar-refractivity contribution in [2.45, 2.75) is 65.6 Å². The van der Waals surface area contributed by atoms with Gasteiger partial charge in [-0.1, -0.05) is 11.3 Å². The molecule has 0 unspecified atom stereocenters. The van der Waals surface area contributed by atoms with E-state index in [9.17, 15) is 14.4 Å². The van der Waals surface area contributed by atoms with Crippen LogP contribution >= 0.6 is 22.7 Å². The lowest BCUT2D eigenvalue weighted by Crippen LogP contribution is -2.33. The van der Waals surface area contributed by atoms with Crippen molar-refractivity contribution in [2.24, 2.45) is 0 Å². The van der Waals surface area contributed by atoms with E-state index in [1.165, 1.54) is 9.44 Å². The van der Waals surface area contributed by atoms with Gasteiger partial charge in [0, 0.05) is 4.88 Å². The summed E-state index contributed by atoms with van der Waals surface area (Å²) in [6, 6.07) is 0. The fourth-order valence-electron chi connectivity index (χ4n) is 4.06. The van der Waals surface area contributed by atoms with Crippen molar-refractivity contribution in [1.82, 2.24) is 19.4 Å². The highest BCUT2D eigenvalue weighted by atomic mass is 32.1. The van der Waals surface area contributed by atoms with E-state index in [2.05, 4.69) is 10.3 Å². The second-order valence-corrected chi connectivity index (χ2v) is 11.1. The summed E-state index contributed by atoms with van der Waals surface area (Å²) in [6.45, 7) is 5.49. The van der Waals surface area contributed by atoms with Gasteiger partial charge < -0.3 is 15.0 Å². The minimum Gasteiger partial charge on any atom is -0.459 e. The topological polar surface area (TPSA) is 106 Å². The van der Waals surface area contributed by atoms with Crippen LogP contribution < -0.4 is 10.9 Å². The minimum absolute atomic E-state index is 0.173. The Morgan fingerprint density at radius 1 is 1.18 bits per heavy atom. The molecule has 3 heterocycles. The molecule has 0 aromatic carbocycles. The van der Waals surface area contributed by atoms with Crippen LogP contribution in [0.5, 0.6) is 0 Å². The van der Waals surface area contributed by atoms with E-state index in [0.717, 1.165) is 47.4 Å². The van der Waals surface area contributed by atoms with Gasteiger partial charge in [-0.25, -0.2) is 14.8 Å². The average Bonchev–Trinajstić information content (AvgIpc) is 3.29. The Balaban J connectivity index is 1.63. The zero-order valence-electron chi connectivity index (χ0n) is 20.1. The highest BCUT2D eigenvalue weighted by Gasteiger charge is 2.24. The summed E-state index contributed by atoms with van der Waals surface area (Å²) in [6.07, 6.45) is 3.78. The predicted octanol–water partition coefficient (Wildman–Crippen LogP) is 3.37. The van der Waals surface area contributed by atoms with Gasteiger partial charge in [0.25, 0.3) is 5.56 Å². The highest BCUT2D eigenvalue weighted by Crippen LogP contribution is 2.34. The van der Waals surface area contributed by atoms with Crippen molar-refractivity contribution in [3.63, 3.8) is 0 Å². The maximum atomic E-state index is 13.6. The highest BCUT2D eigenvalue weighted by molar-refractivity contribution is 7.19. The maximum Gasteiger partial charge on any atom is 0.350 e. The predicted molar refractivity (Wildman–Crippen MR) is 134 cm³/mol. The van der Waals surface area contributed by atoms with Crippen LogP contribution in [0.1, 0.15) is 58.3 Å². The fourth-order valence-corrected chi connectivity index (χ4v) is 6.19. The monoisotopic (exact) mass is 503 g/mol. The number of aryl methyl sites for hydroxylation is 3. The smallest absolute Gasteiger partial charge is 0.350 e. The molecule has 3 aromatic rings. The lowest BCUT2D eigenvalue weighted by molar-refractivity contribution is -0.116. The number of aromatic nitrogens is 3. The third kappa shape index (κ3) is 5.06. The standard InChI is InChI=1S/C23H29N5O4S2/c1-12(2)32-22(31)19-13(3)24-23(34-19)26-17(29)11-28-16(10-27(4)5)25-20-18(21(28)30)14-8-6-7-9-15(14)33-20/h12H,6-11H2,1-5H3,(H,24,26,29). The van der Waals surface area contributed by atoms with E-state index in [4.69, 9.17) is 9.72 Å². The van der Waals surface area contributed by atoms with Gasteiger partial charge in [-0.05, 0) is 66.1 Å². The molecular formula is C23H29N5O4S2. The van der Waals surface area contributed by atoms with Gasteiger partial charge >= 0.3 is 5.97 Å². The molecule has 34 heavy (non-hydrogen) atoms. The number of hydrogen-bond acceptors (Lipinski definition) is 9. The van der Waals surface area contributed by atoms with Crippen molar-refractivity contribution in [2.75, 3.05) is 19.4 Å². The van der Waals surface area contributed by atoms with Crippen LogP contribution in [-0.2, 0) is 35.5 Å². The number of hydrogen-bond donors (Lipinski definition) is 1. The number of nitrogens with zero attached hydrogens (tertiary/aromatic N) is 4. The summed E-state index contributed by atoms with van der Waals surface area (Å²) in [5.74, 6) is -0.315. The van der Waals surface area contributed by atoms with Gasteiger partial charge in [-0.3, -0.25) is 14.2 Å². The van der Waals surface area contributed by atoms with Crippen LogP contribution in [0.2, 0.25) is 0 Å². The summed E-state index contributed by atoms with van der Waals surface area (Å²) >= 11 is 2.66. The number of rotatable bonds is 7. The summed E-state index contributed by atoms with van der Waals surface area (Å²) in [7, 11) is 3.80. The van der Waals surface area contributed by atoms with E-state index >= 15 is 0 Å².